The van der Waals surface area contributed by atoms with Crippen LogP contribution < -0.4 is 10.2 Å². The highest BCUT2D eigenvalue weighted by Gasteiger charge is 2.18. The summed E-state index contributed by atoms with van der Waals surface area (Å²) in [6.45, 7) is 4.54. The molecule has 1 fully saturated rings. The van der Waals surface area contributed by atoms with Gasteiger partial charge in [-0.1, -0.05) is 25.1 Å². The van der Waals surface area contributed by atoms with Crippen molar-refractivity contribution in [3.05, 3.63) is 53.5 Å². The monoisotopic (exact) mass is 342 g/mol. The molecule has 1 unspecified atom stereocenters. The summed E-state index contributed by atoms with van der Waals surface area (Å²) in [7, 11) is 0. The molecule has 0 saturated carbocycles. The molecule has 0 aliphatic carbocycles. The lowest BCUT2D eigenvalue weighted by molar-refractivity contribution is 0.0948. The van der Waals surface area contributed by atoms with E-state index in [1.54, 1.807) is 24.3 Å². The van der Waals surface area contributed by atoms with Crippen molar-refractivity contribution in [1.29, 1.82) is 0 Å². The molecule has 0 bridgehead atoms. The fourth-order valence-corrected chi connectivity index (χ4v) is 3.11. The van der Waals surface area contributed by atoms with Crippen LogP contribution in [0.4, 0.5) is 10.2 Å². The molecular formula is C19H23FN4O. The van der Waals surface area contributed by atoms with Gasteiger partial charge in [-0.15, -0.1) is 10.2 Å². The minimum Gasteiger partial charge on any atom is -0.355 e. The minimum absolute atomic E-state index is 0.253. The number of anilines is 1. The first-order chi connectivity index (χ1) is 12.1. The van der Waals surface area contributed by atoms with Crippen LogP contribution in [0.1, 0.15) is 35.8 Å². The van der Waals surface area contributed by atoms with Crippen molar-refractivity contribution in [3.8, 4) is 0 Å². The number of amides is 1. The predicted octanol–water partition coefficient (Wildman–Crippen LogP) is 2.82. The number of hydrogen-bond donors (Lipinski definition) is 1. The molecule has 0 radical (unpaired) electrons. The van der Waals surface area contributed by atoms with E-state index in [-0.39, 0.29) is 17.4 Å². The molecule has 2 heterocycles. The molecule has 25 heavy (non-hydrogen) atoms. The molecule has 1 aliphatic rings. The smallest absolute Gasteiger partial charge is 0.271 e. The first-order valence-corrected chi connectivity index (χ1v) is 8.74. The fourth-order valence-electron chi connectivity index (χ4n) is 3.11. The van der Waals surface area contributed by atoms with Gasteiger partial charge in [0.15, 0.2) is 11.5 Å². The Morgan fingerprint density at radius 1 is 1.28 bits per heavy atom. The lowest BCUT2D eigenvalue weighted by Crippen LogP contribution is -2.35. The van der Waals surface area contributed by atoms with E-state index >= 15 is 0 Å². The molecule has 1 atom stereocenters. The molecule has 1 aromatic carbocycles. The number of nitrogens with one attached hydrogen (secondary N) is 1. The van der Waals surface area contributed by atoms with Crippen molar-refractivity contribution in [2.24, 2.45) is 5.92 Å². The van der Waals surface area contributed by atoms with Gasteiger partial charge in [0.05, 0.1) is 0 Å². The summed E-state index contributed by atoms with van der Waals surface area (Å²) in [6.07, 6.45) is 2.84. The molecule has 1 N–H and O–H groups in total. The summed E-state index contributed by atoms with van der Waals surface area (Å²) >= 11 is 0. The average Bonchev–Trinajstić information content (AvgIpc) is 2.63. The number of rotatable bonds is 5. The maximum Gasteiger partial charge on any atom is 0.271 e. The van der Waals surface area contributed by atoms with E-state index in [1.807, 2.05) is 6.07 Å². The van der Waals surface area contributed by atoms with Crippen molar-refractivity contribution in [2.45, 2.75) is 26.2 Å². The van der Waals surface area contributed by atoms with Crippen LogP contribution in [0.15, 0.2) is 36.4 Å². The Hall–Kier alpha value is -2.50. The van der Waals surface area contributed by atoms with E-state index in [0.717, 1.165) is 25.3 Å². The summed E-state index contributed by atoms with van der Waals surface area (Å²) in [6, 6.07) is 10.1. The van der Waals surface area contributed by atoms with Gasteiger partial charge in [-0.05, 0) is 48.9 Å². The molecule has 1 aromatic heterocycles. The highest BCUT2D eigenvalue weighted by atomic mass is 19.1. The first kappa shape index (κ1) is 17.3. The van der Waals surface area contributed by atoms with Gasteiger partial charge in [0.2, 0.25) is 0 Å². The highest BCUT2D eigenvalue weighted by Crippen LogP contribution is 2.20. The summed E-state index contributed by atoms with van der Waals surface area (Å²) in [5.74, 6) is 0.922. The zero-order valence-electron chi connectivity index (χ0n) is 14.4. The molecular weight excluding hydrogens is 319 g/mol. The summed E-state index contributed by atoms with van der Waals surface area (Å²) < 4.78 is 13.5. The maximum absolute atomic E-state index is 13.5. The Labute approximate surface area is 147 Å². The number of hydrogen-bond acceptors (Lipinski definition) is 4. The van der Waals surface area contributed by atoms with Crippen molar-refractivity contribution >= 4 is 11.7 Å². The molecule has 132 valence electrons. The van der Waals surface area contributed by atoms with Crippen LogP contribution in [-0.4, -0.2) is 35.7 Å². The van der Waals surface area contributed by atoms with Crippen LogP contribution in [0.5, 0.6) is 0 Å². The normalized spacial score (nSPS) is 17.4. The minimum atomic E-state index is -0.289. The maximum atomic E-state index is 13.5. The molecule has 5 nitrogen and oxygen atoms in total. The molecule has 1 saturated heterocycles. The third kappa shape index (κ3) is 4.53. The number of nitrogens with zero attached hydrogens (tertiary/aromatic N) is 3. The molecule has 0 spiro atoms. The van der Waals surface area contributed by atoms with Gasteiger partial charge in [0.1, 0.15) is 5.82 Å². The second-order valence-corrected chi connectivity index (χ2v) is 6.57. The van der Waals surface area contributed by atoms with Crippen molar-refractivity contribution in [2.75, 3.05) is 24.5 Å². The number of carbonyl (C=O) groups is 1. The number of aromatic nitrogens is 2. The molecule has 3 rings (SSSR count). The van der Waals surface area contributed by atoms with Crippen LogP contribution in [0.3, 0.4) is 0 Å². The van der Waals surface area contributed by atoms with E-state index < -0.39 is 0 Å². The third-order valence-corrected chi connectivity index (χ3v) is 4.50. The van der Waals surface area contributed by atoms with Crippen LogP contribution >= 0.6 is 0 Å². The second kappa shape index (κ2) is 8.05. The number of piperidine rings is 1. The Bertz CT molecular complexity index is 720. The summed E-state index contributed by atoms with van der Waals surface area (Å²) in [5.41, 5.74) is 0.866. The van der Waals surface area contributed by atoms with E-state index in [1.165, 1.54) is 12.5 Å². The van der Waals surface area contributed by atoms with E-state index in [2.05, 4.69) is 27.3 Å². The third-order valence-electron chi connectivity index (χ3n) is 4.50. The van der Waals surface area contributed by atoms with Crippen LogP contribution in [-0.2, 0) is 6.42 Å². The molecule has 1 amide bonds. The Morgan fingerprint density at radius 3 is 2.84 bits per heavy atom. The van der Waals surface area contributed by atoms with Gasteiger partial charge in [-0.25, -0.2) is 4.39 Å². The summed E-state index contributed by atoms with van der Waals surface area (Å²) in [4.78, 5) is 14.3. The van der Waals surface area contributed by atoms with Gasteiger partial charge in [0.25, 0.3) is 5.91 Å². The zero-order valence-corrected chi connectivity index (χ0v) is 14.4. The Balaban J connectivity index is 1.53. The van der Waals surface area contributed by atoms with Crippen LogP contribution in [0.25, 0.3) is 0 Å². The quantitative estimate of drug-likeness (QED) is 0.908. The average molecular weight is 342 g/mol. The standard InChI is InChI=1S/C19H23FN4O/c1-14-5-4-12-24(13-14)18-9-8-17(22-23-18)19(25)21-11-10-15-6-2-3-7-16(15)20/h2-3,6-9,14H,4-5,10-13H2,1H3,(H,21,25). The predicted molar refractivity (Wildman–Crippen MR) is 95.1 cm³/mol. The lowest BCUT2D eigenvalue weighted by atomic mass is 10.0. The molecule has 1 aliphatic heterocycles. The van der Waals surface area contributed by atoms with Gasteiger partial charge < -0.3 is 10.2 Å². The fraction of sp³-hybridized carbons (Fsp3) is 0.421. The van der Waals surface area contributed by atoms with E-state index in [0.29, 0.717) is 24.4 Å². The van der Waals surface area contributed by atoms with E-state index in [9.17, 15) is 9.18 Å². The molecule has 6 heteroatoms. The van der Waals surface area contributed by atoms with Crippen molar-refractivity contribution < 1.29 is 9.18 Å². The second-order valence-electron chi connectivity index (χ2n) is 6.57. The summed E-state index contributed by atoms with van der Waals surface area (Å²) in [5, 5.41) is 11.0. The van der Waals surface area contributed by atoms with Crippen molar-refractivity contribution in [3.63, 3.8) is 0 Å². The number of carbonyl (C=O) groups excluding carboxylic acids is 1. The Morgan fingerprint density at radius 2 is 2.12 bits per heavy atom. The zero-order chi connectivity index (χ0) is 17.6. The highest BCUT2D eigenvalue weighted by molar-refractivity contribution is 5.92. The van der Waals surface area contributed by atoms with E-state index in [4.69, 9.17) is 0 Å². The topological polar surface area (TPSA) is 58.1 Å². The van der Waals surface area contributed by atoms with Gasteiger partial charge in [0, 0.05) is 19.6 Å². The van der Waals surface area contributed by atoms with Gasteiger partial charge in [-0.3, -0.25) is 4.79 Å². The largest absolute Gasteiger partial charge is 0.355 e. The van der Waals surface area contributed by atoms with Gasteiger partial charge >= 0.3 is 0 Å². The lowest BCUT2D eigenvalue weighted by Gasteiger charge is -2.31. The SMILES string of the molecule is CC1CCCN(c2ccc(C(=O)NCCc3ccccc3F)nn2)C1. The van der Waals surface area contributed by atoms with Gasteiger partial charge in [-0.2, -0.15) is 0 Å². The van der Waals surface area contributed by atoms with Crippen LogP contribution in [0, 0.1) is 11.7 Å². The Kier molecular flexibility index (Phi) is 5.58. The van der Waals surface area contributed by atoms with Crippen molar-refractivity contribution in [1.82, 2.24) is 15.5 Å². The number of benzene rings is 1. The number of halogens is 1. The molecule has 2 aromatic rings. The van der Waals surface area contributed by atoms with Crippen LogP contribution in [0.2, 0.25) is 0 Å². The first-order valence-electron chi connectivity index (χ1n) is 8.74.